The lowest BCUT2D eigenvalue weighted by Crippen LogP contribution is -2.45. The molecule has 1 aromatic carbocycles. The summed E-state index contributed by atoms with van der Waals surface area (Å²) < 4.78 is 31.3. The molecule has 1 spiro atoms. The van der Waals surface area contributed by atoms with Crippen LogP contribution < -0.4 is 4.74 Å². The van der Waals surface area contributed by atoms with E-state index in [-0.39, 0.29) is 17.8 Å². The van der Waals surface area contributed by atoms with Gasteiger partial charge >= 0.3 is 5.97 Å². The molecule has 4 atom stereocenters. The van der Waals surface area contributed by atoms with E-state index in [4.69, 9.17) is 24.0 Å². The van der Waals surface area contributed by atoms with Gasteiger partial charge in [-0.3, -0.25) is 4.89 Å². The lowest BCUT2D eigenvalue weighted by atomic mass is 9.84. The smallest absolute Gasteiger partial charge is 0.339 e. The highest BCUT2D eigenvalue weighted by atomic mass is 19.1. The minimum absolute atomic E-state index is 0.0330. The predicted molar refractivity (Wildman–Crippen MR) is 145 cm³/mol. The second-order valence-electron chi connectivity index (χ2n) is 10.8. The fraction of sp³-hybridized carbons (Fsp3) is 0.516. The molecule has 3 rings (SSSR count). The third-order valence-corrected chi connectivity index (χ3v) is 6.37. The summed E-state index contributed by atoms with van der Waals surface area (Å²) in [5.74, 6) is 4.66. The van der Waals surface area contributed by atoms with Crippen LogP contribution in [0.4, 0.5) is 4.39 Å². The fourth-order valence-corrected chi connectivity index (χ4v) is 4.48. The van der Waals surface area contributed by atoms with E-state index in [1.807, 2.05) is 32.9 Å². The topological polar surface area (TPSA) is 83.5 Å². The van der Waals surface area contributed by atoms with E-state index in [1.165, 1.54) is 37.3 Å². The fourth-order valence-electron chi connectivity index (χ4n) is 4.48. The summed E-state index contributed by atoms with van der Waals surface area (Å²) in [5.41, 5.74) is -0.377. The van der Waals surface area contributed by atoms with Crippen LogP contribution in [0, 0.1) is 23.1 Å². The Bertz CT molecular complexity index is 1070. The Morgan fingerprint density at radius 2 is 1.82 bits per heavy atom. The quantitative estimate of drug-likeness (QED) is 0.188. The standard InChI is InChI=1S/C31H39FO7/c1-23(33)38-39-29(30(2,3)4)28-27(36-31(37-28)20-12-9-13-21-31)15-11-8-6-5-7-10-14-25(34)22-35-26-18-16-24(32)17-19-26/h6,8,10-11,14-19,25,27-29,34H,9,12-13,20-22H2,1-4H3/t25-,27+,28-,29?/m0/s1. The molecule has 0 aromatic heterocycles. The summed E-state index contributed by atoms with van der Waals surface area (Å²) in [6, 6.07) is 5.59. The molecule has 1 aliphatic carbocycles. The van der Waals surface area contributed by atoms with E-state index in [0.29, 0.717) is 5.75 Å². The van der Waals surface area contributed by atoms with E-state index >= 15 is 0 Å². The van der Waals surface area contributed by atoms with Crippen molar-refractivity contribution >= 4 is 5.97 Å². The lowest BCUT2D eigenvalue weighted by Gasteiger charge is -2.35. The SMILES string of the molecule is CC(=O)OOC([C@H]1OC2(CCCCC2)O[C@@H]1C=CC=CC#CC=C[C@H](O)COc1ccc(F)cc1)C(C)(C)C. The number of ether oxygens (including phenoxy) is 3. The normalized spacial score (nSPS) is 22.7. The summed E-state index contributed by atoms with van der Waals surface area (Å²) in [7, 11) is 0. The Kier molecular flexibility index (Phi) is 11.3. The molecule has 1 heterocycles. The number of halogens is 1. The molecule has 2 aliphatic rings. The van der Waals surface area contributed by atoms with E-state index < -0.39 is 36.2 Å². The lowest BCUT2D eigenvalue weighted by molar-refractivity contribution is -0.332. The van der Waals surface area contributed by atoms with E-state index in [9.17, 15) is 14.3 Å². The van der Waals surface area contributed by atoms with Crippen LogP contribution in [0.5, 0.6) is 5.75 Å². The highest BCUT2D eigenvalue weighted by Crippen LogP contribution is 2.44. The number of allylic oxidation sites excluding steroid dienone is 4. The number of aliphatic hydroxyl groups excluding tert-OH is 1. The summed E-state index contributed by atoms with van der Waals surface area (Å²) in [4.78, 5) is 21.9. The molecule has 0 bridgehead atoms. The van der Waals surface area contributed by atoms with Gasteiger partial charge in [0.15, 0.2) is 5.79 Å². The van der Waals surface area contributed by atoms with E-state index in [2.05, 4.69) is 11.8 Å². The molecule has 1 unspecified atom stereocenters. The van der Waals surface area contributed by atoms with E-state index in [1.54, 1.807) is 18.2 Å². The Hall–Kier alpha value is -2.96. The number of benzene rings is 1. The zero-order valence-electron chi connectivity index (χ0n) is 23.1. The van der Waals surface area contributed by atoms with Crippen molar-refractivity contribution < 1.29 is 38.3 Å². The largest absolute Gasteiger partial charge is 0.491 e. The number of carbonyl (C=O) groups excluding carboxylic acids is 1. The molecule has 0 radical (unpaired) electrons. The van der Waals surface area contributed by atoms with Crippen molar-refractivity contribution in [1.29, 1.82) is 0 Å². The van der Waals surface area contributed by atoms with Crippen LogP contribution in [0.1, 0.15) is 59.8 Å². The van der Waals surface area contributed by atoms with Crippen molar-refractivity contribution in [2.24, 2.45) is 5.41 Å². The maximum absolute atomic E-state index is 12.9. The van der Waals surface area contributed by atoms with Gasteiger partial charge in [-0.15, -0.1) is 0 Å². The molecular formula is C31H39FO7. The van der Waals surface area contributed by atoms with Gasteiger partial charge in [-0.05, 0) is 60.8 Å². The van der Waals surface area contributed by atoms with Crippen LogP contribution in [0.15, 0.2) is 60.7 Å². The Balaban J connectivity index is 1.57. The van der Waals surface area contributed by atoms with Gasteiger partial charge in [-0.2, -0.15) is 4.89 Å². The molecule has 39 heavy (non-hydrogen) atoms. The number of rotatable bonds is 9. The first-order valence-corrected chi connectivity index (χ1v) is 13.3. The van der Waals surface area contributed by atoms with Crippen molar-refractivity contribution in [2.75, 3.05) is 6.61 Å². The summed E-state index contributed by atoms with van der Waals surface area (Å²) in [6.07, 6.45) is 12.9. The zero-order valence-corrected chi connectivity index (χ0v) is 23.1. The first-order valence-electron chi connectivity index (χ1n) is 13.3. The molecule has 1 saturated carbocycles. The molecule has 1 saturated heterocycles. The van der Waals surface area contributed by atoms with Gasteiger partial charge in [0.25, 0.3) is 0 Å². The maximum Gasteiger partial charge on any atom is 0.339 e. The van der Waals surface area contributed by atoms with Gasteiger partial charge in [0.05, 0.1) is 0 Å². The van der Waals surface area contributed by atoms with Gasteiger partial charge in [0, 0.05) is 19.8 Å². The average Bonchev–Trinajstić information content (AvgIpc) is 3.21. The number of hydrogen-bond acceptors (Lipinski definition) is 7. The van der Waals surface area contributed by atoms with Crippen LogP contribution >= 0.6 is 0 Å². The predicted octanol–water partition coefficient (Wildman–Crippen LogP) is 5.59. The van der Waals surface area contributed by atoms with Crippen molar-refractivity contribution in [1.82, 2.24) is 0 Å². The molecule has 212 valence electrons. The van der Waals surface area contributed by atoms with Crippen molar-refractivity contribution in [3.63, 3.8) is 0 Å². The Morgan fingerprint density at radius 3 is 2.49 bits per heavy atom. The molecule has 0 amide bonds. The minimum atomic E-state index is -0.846. The van der Waals surface area contributed by atoms with Crippen LogP contribution in [0.25, 0.3) is 0 Å². The third kappa shape index (κ3) is 9.94. The van der Waals surface area contributed by atoms with Gasteiger partial charge in [0.1, 0.15) is 42.6 Å². The van der Waals surface area contributed by atoms with Crippen LogP contribution in [0.3, 0.4) is 0 Å². The summed E-state index contributed by atoms with van der Waals surface area (Å²) >= 11 is 0. The Labute approximate surface area is 230 Å². The second-order valence-corrected chi connectivity index (χ2v) is 10.8. The minimum Gasteiger partial charge on any atom is -0.491 e. The van der Waals surface area contributed by atoms with Crippen molar-refractivity contribution in [3.05, 3.63) is 66.5 Å². The number of aliphatic hydroxyl groups is 1. The van der Waals surface area contributed by atoms with Gasteiger partial charge in [0.2, 0.25) is 0 Å². The highest BCUT2D eigenvalue weighted by Gasteiger charge is 2.53. The molecule has 8 heteroatoms. The summed E-state index contributed by atoms with van der Waals surface area (Å²) in [6.45, 7) is 7.35. The van der Waals surface area contributed by atoms with Crippen molar-refractivity contribution in [3.8, 4) is 17.6 Å². The molecule has 7 nitrogen and oxygen atoms in total. The third-order valence-electron chi connectivity index (χ3n) is 6.37. The van der Waals surface area contributed by atoms with Crippen molar-refractivity contribution in [2.45, 2.75) is 90.0 Å². The van der Waals surface area contributed by atoms with Crippen LogP contribution in [0.2, 0.25) is 0 Å². The Morgan fingerprint density at radius 1 is 1.13 bits per heavy atom. The molecular weight excluding hydrogens is 503 g/mol. The average molecular weight is 543 g/mol. The molecule has 2 fully saturated rings. The van der Waals surface area contributed by atoms with Gasteiger partial charge in [-0.25, -0.2) is 9.18 Å². The van der Waals surface area contributed by atoms with E-state index in [0.717, 1.165) is 32.1 Å². The highest BCUT2D eigenvalue weighted by molar-refractivity contribution is 5.65. The zero-order chi connectivity index (χ0) is 28.3. The molecule has 1 N–H and O–H groups in total. The van der Waals surface area contributed by atoms with Crippen LogP contribution in [-0.2, 0) is 24.0 Å². The molecule has 1 aromatic rings. The second kappa shape index (κ2) is 14.4. The number of carbonyl (C=O) groups is 1. The molecule has 1 aliphatic heterocycles. The van der Waals surface area contributed by atoms with Gasteiger partial charge in [-0.1, -0.05) is 57.3 Å². The van der Waals surface area contributed by atoms with Gasteiger partial charge < -0.3 is 19.3 Å². The first kappa shape index (κ1) is 30.6. The summed E-state index contributed by atoms with van der Waals surface area (Å²) in [5, 5.41) is 9.98. The number of hydrogen-bond donors (Lipinski definition) is 1. The maximum atomic E-state index is 12.9. The monoisotopic (exact) mass is 542 g/mol. The first-order chi connectivity index (χ1) is 18.6. The van der Waals surface area contributed by atoms with Crippen LogP contribution in [-0.4, -0.2) is 47.9 Å².